The molecule has 0 fully saturated rings. The van der Waals surface area contributed by atoms with E-state index < -0.39 is 11.9 Å². The first-order valence-electron chi connectivity index (χ1n) is 4.42. The molecule has 0 bridgehead atoms. The molecule has 0 aromatic heterocycles. The van der Waals surface area contributed by atoms with Gasteiger partial charge in [0.1, 0.15) is 11.3 Å². The van der Waals surface area contributed by atoms with E-state index in [0.29, 0.717) is 5.56 Å². The number of carbonyl (C=O) groups excluding carboxylic acids is 2. The van der Waals surface area contributed by atoms with Crippen LogP contribution < -0.4 is 4.74 Å². The van der Waals surface area contributed by atoms with Gasteiger partial charge in [-0.3, -0.25) is 4.79 Å². The SMILES string of the molecule is COC(=O)c1c(C)cccc1OC(C)=O. The molecule has 0 unspecified atom stereocenters. The molecule has 0 aliphatic rings. The molecule has 0 radical (unpaired) electrons. The van der Waals surface area contributed by atoms with Crippen LogP contribution in [0.15, 0.2) is 18.2 Å². The molecule has 0 saturated carbocycles. The third-order valence-corrected chi connectivity index (χ3v) is 1.88. The average molecular weight is 208 g/mol. The maximum atomic E-state index is 11.4. The van der Waals surface area contributed by atoms with Gasteiger partial charge >= 0.3 is 11.9 Å². The number of ether oxygens (including phenoxy) is 2. The Labute approximate surface area is 87.8 Å². The van der Waals surface area contributed by atoms with E-state index >= 15 is 0 Å². The van der Waals surface area contributed by atoms with E-state index in [-0.39, 0.29) is 11.3 Å². The fraction of sp³-hybridized carbons (Fsp3) is 0.273. The quantitative estimate of drug-likeness (QED) is 0.548. The molecule has 0 heterocycles. The summed E-state index contributed by atoms with van der Waals surface area (Å²) >= 11 is 0. The lowest BCUT2D eigenvalue weighted by molar-refractivity contribution is -0.131. The molecule has 0 N–H and O–H groups in total. The number of hydrogen-bond acceptors (Lipinski definition) is 4. The fourth-order valence-electron chi connectivity index (χ4n) is 1.24. The highest BCUT2D eigenvalue weighted by Crippen LogP contribution is 2.22. The molecule has 0 amide bonds. The van der Waals surface area contributed by atoms with Crippen molar-refractivity contribution in [3.05, 3.63) is 29.3 Å². The van der Waals surface area contributed by atoms with Crippen molar-refractivity contribution >= 4 is 11.9 Å². The minimum absolute atomic E-state index is 0.231. The number of esters is 2. The van der Waals surface area contributed by atoms with Gasteiger partial charge < -0.3 is 9.47 Å². The lowest BCUT2D eigenvalue weighted by Crippen LogP contribution is -2.10. The molecule has 1 aromatic carbocycles. The molecule has 80 valence electrons. The molecule has 0 aliphatic heterocycles. The van der Waals surface area contributed by atoms with E-state index in [4.69, 9.17) is 4.74 Å². The lowest BCUT2D eigenvalue weighted by Gasteiger charge is -2.09. The van der Waals surface area contributed by atoms with Gasteiger partial charge in [0.25, 0.3) is 0 Å². The van der Waals surface area contributed by atoms with Crippen molar-refractivity contribution < 1.29 is 19.1 Å². The topological polar surface area (TPSA) is 52.6 Å². The molecule has 1 aromatic rings. The van der Waals surface area contributed by atoms with Crippen molar-refractivity contribution in [1.29, 1.82) is 0 Å². The van der Waals surface area contributed by atoms with E-state index in [1.807, 2.05) is 0 Å². The molecule has 0 saturated heterocycles. The van der Waals surface area contributed by atoms with Crippen molar-refractivity contribution in [3.8, 4) is 5.75 Å². The van der Waals surface area contributed by atoms with E-state index in [9.17, 15) is 9.59 Å². The number of carbonyl (C=O) groups is 2. The highest BCUT2D eigenvalue weighted by atomic mass is 16.5. The molecule has 4 nitrogen and oxygen atoms in total. The summed E-state index contributed by atoms with van der Waals surface area (Å²) in [4.78, 5) is 22.2. The normalized spacial score (nSPS) is 9.53. The summed E-state index contributed by atoms with van der Waals surface area (Å²) in [5.74, 6) is -0.746. The average Bonchev–Trinajstić information content (AvgIpc) is 2.16. The van der Waals surface area contributed by atoms with Crippen molar-refractivity contribution in [2.45, 2.75) is 13.8 Å². The van der Waals surface area contributed by atoms with Gasteiger partial charge in [-0.15, -0.1) is 0 Å². The second-order valence-corrected chi connectivity index (χ2v) is 3.03. The third-order valence-electron chi connectivity index (χ3n) is 1.88. The Morgan fingerprint density at radius 3 is 2.47 bits per heavy atom. The van der Waals surface area contributed by atoms with Crippen LogP contribution in [0, 0.1) is 6.92 Å². The van der Waals surface area contributed by atoms with E-state index in [2.05, 4.69) is 4.74 Å². The standard InChI is InChI=1S/C11H12O4/c1-7-5-4-6-9(15-8(2)12)10(7)11(13)14-3/h4-6H,1-3H3. The summed E-state index contributed by atoms with van der Waals surface area (Å²) in [5.41, 5.74) is 0.996. The maximum Gasteiger partial charge on any atom is 0.341 e. The van der Waals surface area contributed by atoms with Gasteiger partial charge in [-0.2, -0.15) is 0 Å². The van der Waals surface area contributed by atoms with Gasteiger partial charge in [0.15, 0.2) is 0 Å². The van der Waals surface area contributed by atoms with Gasteiger partial charge in [-0.25, -0.2) is 4.79 Å². The van der Waals surface area contributed by atoms with Crippen LogP contribution in [-0.4, -0.2) is 19.0 Å². The van der Waals surface area contributed by atoms with Crippen LogP contribution in [0.2, 0.25) is 0 Å². The Balaban J connectivity index is 3.20. The molecular weight excluding hydrogens is 196 g/mol. The minimum atomic E-state index is -0.510. The molecule has 0 atom stereocenters. The summed E-state index contributed by atoms with van der Waals surface area (Å²) in [6.45, 7) is 3.03. The number of rotatable bonds is 2. The monoisotopic (exact) mass is 208 g/mol. The number of methoxy groups -OCH3 is 1. The van der Waals surface area contributed by atoms with Gasteiger partial charge in [-0.05, 0) is 18.6 Å². The minimum Gasteiger partial charge on any atom is -0.465 e. The van der Waals surface area contributed by atoms with Crippen LogP contribution in [0.4, 0.5) is 0 Å². The summed E-state index contributed by atoms with van der Waals surface area (Å²) in [5, 5.41) is 0. The first-order chi connectivity index (χ1) is 7.06. The highest BCUT2D eigenvalue weighted by molar-refractivity contribution is 5.94. The first kappa shape index (κ1) is 11.2. The van der Waals surface area contributed by atoms with E-state index in [1.165, 1.54) is 14.0 Å². The number of benzene rings is 1. The smallest absolute Gasteiger partial charge is 0.341 e. The van der Waals surface area contributed by atoms with Crippen molar-refractivity contribution in [2.75, 3.05) is 7.11 Å². The summed E-state index contributed by atoms with van der Waals surface area (Å²) in [6.07, 6.45) is 0. The first-order valence-corrected chi connectivity index (χ1v) is 4.42. The Bertz CT molecular complexity index is 396. The van der Waals surface area contributed by atoms with Crippen LogP contribution in [-0.2, 0) is 9.53 Å². The highest BCUT2D eigenvalue weighted by Gasteiger charge is 2.16. The van der Waals surface area contributed by atoms with Gasteiger partial charge in [0.2, 0.25) is 0 Å². The zero-order chi connectivity index (χ0) is 11.4. The number of hydrogen-bond donors (Lipinski definition) is 0. The third kappa shape index (κ3) is 2.56. The van der Waals surface area contributed by atoms with E-state index in [1.54, 1.807) is 25.1 Å². The molecule has 15 heavy (non-hydrogen) atoms. The largest absolute Gasteiger partial charge is 0.465 e. The van der Waals surface area contributed by atoms with Crippen LogP contribution in [0.1, 0.15) is 22.8 Å². The molecule has 4 heteroatoms. The van der Waals surface area contributed by atoms with Crippen LogP contribution in [0.25, 0.3) is 0 Å². The molecular formula is C11H12O4. The van der Waals surface area contributed by atoms with Crippen LogP contribution >= 0.6 is 0 Å². The van der Waals surface area contributed by atoms with Gasteiger partial charge in [0.05, 0.1) is 7.11 Å². The van der Waals surface area contributed by atoms with Crippen molar-refractivity contribution in [3.63, 3.8) is 0 Å². The van der Waals surface area contributed by atoms with Crippen molar-refractivity contribution in [2.24, 2.45) is 0 Å². The predicted octanol–water partition coefficient (Wildman–Crippen LogP) is 1.71. The molecule has 0 spiro atoms. The second-order valence-electron chi connectivity index (χ2n) is 3.03. The lowest BCUT2D eigenvalue weighted by atomic mass is 10.1. The van der Waals surface area contributed by atoms with Gasteiger partial charge in [-0.1, -0.05) is 12.1 Å². The maximum absolute atomic E-state index is 11.4. The van der Waals surface area contributed by atoms with E-state index in [0.717, 1.165) is 0 Å². The molecule has 1 rings (SSSR count). The molecule has 0 aliphatic carbocycles. The Morgan fingerprint density at radius 2 is 1.93 bits per heavy atom. The summed E-state index contributed by atoms with van der Waals surface area (Å²) < 4.78 is 9.52. The predicted molar refractivity (Wildman–Crippen MR) is 53.8 cm³/mol. The fourth-order valence-corrected chi connectivity index (χ4v) is 1.24. The second kappa shape index (κ2) is 4.59. The van der Waals surface area contributed by atoms with Crippen LogP contribution in [0.5, 0.6) is 5.75 Å². The van der Waals surface area contributed by atoms with Gasteiger partial charge in [0, 0.05) is 6.92 Å². The zero-order valence-electron chi connectivity index (χ0n) is 8.87. The Hall–Kier alpha value is -1.84. The van der Waals surface area contributed by atoms with Crippen molar-refractivity contribution in [1.82, 2.24) is 0 Å². The Morgan fingerprint density at radius 1 is 1.27 bits per heavy atom. The summed E-state index contributed by atoms with van der Waals surface area (Å²) in [7, 11) is 1.28. The van der Waals surface area contributed by atoms with Crippen LogP contribution in [0.3, 0.4) is 0 Å². The Kier molecular flexibility index (Phi) is 3.44. The number of aryl methyl sites for hydroxylation is 1. The summed E-state index contributed by atoms with van der Waals surface area (Å²) in [6, 6.07) is 5.01. The zero-order valence-corrected chi connectivity index (χ0v) is 8.87.